The molecule has 3 nitrogen and oxygen atoms in total. The Morgan fingerprint density at radius 1 is 1.18 bits per heavy atom. The van der Waals surface area contributed by atoms with Crippen LogP contribution >= 0.6 is 11.6 Å². The smallest absolute Gasteiger partial charge is 0.362 e. The lowest BCUT2D eigenvalue weighted by molar-refractivity contribution is -0.922. The van der Waals surface area contributed by atoms with Gasteiger partial charge in [0.25, 0.3) is 0 Å². The molecular formula is C17H25BrClNO2. The van der Waals surface area contributed by atoms with Crippen molar-refractivity contribution in [2.24, 2.45) is 0 Å². The molecule has 5 heteroatoms. The van der Waals surface area contributed by atoms with Crippen LogP contribution in [-0.4, -0.2) is 35.7 Å². The summed E-state index contributed by atoms with van der Waals surface area (Å²) >= 11 is 5.94. The molecular weight excluding hydrogens is 366 g/mol. The quantitative estimate of drug-likeness (QED) is 0.561. The Kier molecular flexibility index (Phi) is 6.90. The zero-order chi connectivity index (χ0) is 15.5. The molecule has 0 aromatic heterocycles. The summed E-state index contributed by atoms with van der Waals surface area (Å²) in [6.07, 6.45) is 2.35. The minimum atomic E-state index is -0.416. The maximum absolute atomic E-state index is 12.2. The molecule has 1 aliphatic rings. The van der Waals surface area contributed by atoms with E-state index in [0.29, 0.717) is 6.54 Å². The number of hydrogen-bond acceptors (Lipinski definition) is 2. The first-order valence-electron chi connectivity index (χ1n) is 7.59. The van der Waals surface area contributed by atoms with Crippen LogP contribution in [0.3, 0.4) is 0 Å². The van der Waals surface area contributed by atoms with Gasteiger partial charge in [-0.15, -0.1) is 0 Å². The van der Waals surface area contributed by atoms with Crippen LogP contribution in [0.5, 0.6) is 0 Å². The van der Waals surface area contributed by atoms with Crippen LogP contribution in [0, 0.1) is 0 Å². The van der Waals surface area contributed by atoms with E-state index < -0.39 is 5.60 Å². The standard InChI is InChI=1S/C17H25ClNO2.BrH/c1-17(2,3)21-16(20)13-19(10-4-5-11-19)12-14-6-8-15(18)9-7-14;/h6-9H,4-5,10-13H2,1-3H3;1H/q+1;/p-1. The predicted molar refractivity (Wildman–Crippen MR) is 85.1 cm³/mol. The van der Waals surface area contributed by atoms with Crippen LogP contribution in [0.4, 0.5) is 0 Å². The van der Waals surface area contributed by atoms with Gasteiger partial charge < -0.3 is 26.2 Å². The number of benzene rings is 1. The highest BCUT2D eigenvalue weighted by atomic mass is 79.9. The topological polar surface area (TPSA) is 26.3 Å². The van der Waals surface area contributed by atoms with Crippen molar-refractivity contribution in [3.8, 4) is 0 Å². The van der Waals surface area contributed by atoms with Gasteiger partial charge in [-0.05, 0) is 32.9 Å². The summed E-state index contributed by atoms with van der Waals surface area (Å²) in [5, 5.41) is 0.749. The minimum absolute atomic E-state index is 0. The SMILES string of the molecule is CC(C)(C)OC(=O)C[N+]1(Cc2ccc(Cl)cc2)CCCC1.[Br-]. The molecule has 0 aliphatic carbocycles. The number of carbonyl (C=O) groups is 1. The van der Waals surface area contributed by atoms with Crippen LogP contribution in [-0.2, 0) is 16.1 Å². The van der Waals surface area contributed by atoms with Crippen LogP contribution in [0.15, 0.2) is 24.3 Å². The molecule has 22 heavy (non-hydrogen) atoms. The van der Waals surface area contributed by atoms with E-state index in [9.17, 15) is 4.79 Å². The van der Waals surface area contributed by atoms with E-state index in [1.807, 2.05) is 32.9 Å². The zero-order valence-electron chi connectivity index (χ0n) is 13.6. The average Bonchev–Trinajstić information content (AvgIpc) is 2.78. The molecule has 0 atom stereocenters. The van der Waals surface area contributed by atoms with Gasteiger partial charge in [-0.2, -0.15) is 0 Å². The number of halogens is 2. The number of carbonyl (C=O) groups excluding carboxylic acids is 1. The lowest BCUT2D eigenvalue weighted by Crippen LogP contribution is -3.00. The molecule has 2 rings (SSSR count). The predicted octanol–water partition coefficient (Wildman–Crippen LogP) is 0.796. The second kappa shape index (κ2) is 7.80. The Labute approximate surface area is 149 Å². The highest BCUT2D eigenvalue weighted by Gasteiger charge is 2.36. The molecule has 1 aliphatic heterocycles. The van der Waals surface area contributed by atoms with Crippen molar-refractivity contribution in [3.63, 3.8) is 0 Å². The Balaban J connectivity index is 0.00000242. The molecule has 0 saturated carbocycles. The van der Waals surface area contributed by atoms with E-state index in [2.05, 4.69) is 12.1 Å². The highest BCUT2D eigenvalue weighted by Crippen LogP contribution is 2.25. The summed E-state index contributed by atoms with van der Waals surface area (Å²) in [6.45, 7) is 9.16. The zero-order valence-corrected chi connectivity index (χ0v) is 15.9. The molecule has 0 N–H and O–H groups in total. The fraction of sp³-hybridized carbons (Fsp3) is 0.588. The third-order valence-electron chi connectivity index (χ3n) is 3.83. The summed E-state index contributed by atoms with van der Waals surface area (Å²) < 4.78 is 6.31. The molecule has 1 saturated heterocycles. The van der Waals surface area contributed by atoms with Crippen molar-refractivity contribution >= 4 is 17.6 Å². The number of likely N-dealkylation sites (tertiary alicyclic amines) is 1. The van der Waals surface area contributed by atoms with Crippen molar-refractivity contribution in [1.29, 1.82) is 0 Å². The van der Waals surface area contributed by atoms with E-state index in [4.69, 9.17) is 16.3 Å². The molecule has 0 radical (unpaired) electrons. The largest absolute Gasteiger partial charge is 1.00 e. The van der Waals surface area contributed by atoms with E-state index in [1.165, 1.54) is 18.4 Å². The van der Waals surface area contributed by atoms with Gasteiger partial charge in [0, 0.05) is 23.4 Å². The van der Waals surface area contributed by atoms with Crippen molar-refractivity contribution < 1.29 is 31.0 Å². The van der Waals surface area contributed by atoms with Gasteiger partial charge in [0.15, 0.2) is 6.54 Å². The molecule has 0 bridgehead atoms. The number of nitrogens with zero attached hydrogens (tertiary/aromatic N) is 1. The van der Waals surface area contributed by atoms with E-state index >= 15 is 0 Å². The fourth-order valence-corrected chi connectivity index (χ4v) is 3.13. The molecule has 1 aromatic rings. The summed E-state index contributed by atoms with van der Waals surface area (Å²) in [5.41, 5.74) is 0.811. The summed E-state index contributed by atoms with van der Waals surface area (Å²) in [4.78, 5) is 12.2. The third kappa shape index (κ3) is 5.90. The van der Waals surface area contributed by atoms with Crippen LogP contribution < -0.4 is 17.0 Å². The Morgan fingerprint density at radius 3 is 2.23 bits per heavy atom. The maximum atomic E-state index is 12.2. The van der Waals surface area contributed by atoms with Crippen molar-refractivity contribution in [2.75, 3.05) is 19.6 Å². The summed E-state index contributed by atoms with van der Waals surface area (Å²) in [5.74, 6) is -0.0987. The monoisotopic (exact) mass is 389 g/mol. The fourth-order valence-electron chi connectivity index (χ4n) is 3.00. The van der Waals surface area contributed by atoms with Gasteiger partial charge >= 0.3 is 5.97 Å². The van der Waals surface area contributed by atoms with Gasteiger partial charge in [-0.3, -0.25) is 0 Å². The first kappa shape index (κ1) is 19.5. The number of hydrogen-bond donors (Lipinski definition) is 0. The first-order valence-corrected chi connectivity index (χ1v) is 7.97. The molecule has 1 aromatic carbocycles. The van der Waals surface area contributed by atoms with Gasteiger partial charge in [0.1, 0.15) is 12.1 Å². The van der Waals surface area contributed by atoms with Crippen LogP contribution in [0.2, 0.25) is 5.02 Å². The van der Waals surface area contributed by atoms with Gasteiger partial charge in [0.2, 0.25) is 0 Å². The maximum Gasteiger partial charge on any atom is 0.362 e. The highest BCUT2D eigenvalue weighted by molar-refractivity contribution is 6.30. The number of esters is 1. The molecule has 1 fully saturated rings. The third-order valence-corrected chi connectivity index (χ3v) is 4.08. The van der Waals surface area contributed by atoms with Gasteiger partial charge in [0.05, 0.1) is 13.1 Å². The summed E-state index contributed by atoms with van der Waals surface area (Å²) in [6, 6.07) is 7.93. The Bertz CT molecular complexity index is 490. The molecule has 124 valence electrons. The minimum Gasteiger partial charge on any atom is -1.00 e. The first-order chi connectivity index (χ1) is 9.78. The molecule has 0 amide bonds. The molecule has 0 unspecified atom stereocenters. The number of quaternary nitrogens is 1. The van der Waals surface area contributed by atoms with Crippen LogP contribution in [0.25, 0.3) is 0 Å². The van der Waals surface area contributed by atoms with E-state index in [1.54, 1.807) is 0 Å². The molecule has 0 spiro atoms. The lowest BCUT2D eigenvalue weighted by Gasteiger charge is -2.34. The molecule has 1 heterocycles. The van der Waals surface area contributed by atoms with Gasteiger partial charge in [-0.25, -0.2) is 4.79 Å². The van der Waals surface area contributed by atoms with Crippen LogP contribution in [0.1, 0.15) is 39.2 Å². The number of ether oxygens (including phenoxy) is 1. The lowest BCUT2D eigenvalue weighted by atomic mass is 10.2. The summed E-state index contributed by atoms with van der Waals surface area (Å²) in [7, 11) is 0. The number of rotatable bonds is 4. The average molecular weight is 391 g/mol. The Morgan fingerprint density at radius 2 is 1.73 bits per heavy atom. The van der Waals surface area contributed by atoms with Crippen molar-refractivity contribution in [2.45, 2.75) is 45.8 Å². The second-order valence-electron chi connectivity index (χ2n) is 7.03. The van der Waals surface area contributed by atoms with E-state index in [-0.39, 0.29) is 23.0 Å². The Hall–Kier alpha value is -0.580. The normalized spacial score (nSPS) is 16.9. The van der Waals surface area contributed by atoms with Gasteiger partial charge in [-0.1, -0.05) is 23.7 Å². The second-order valence-corrected chi connectivity index (χ2v) is 7.46. The van der Waals surface area contributed by atoms with E-state index in [0.717, 1.165) is 29.1 Å². The van der Waals surface area contributed by atoms with Crippen molar-refractivity contribution in [3.05, 3.63) is 34.9 Å². The van der Waals surface area contributed by atoms with Crippen molar-refractivity contribution in [1.82, 2.24) is 0 Å².